The number of rotatable bonds is 3. The van der Waals surface area contributed by atoms with Gasteiger partial charge in [-0.2, -0.15) is 0 Å². The molecule has 106 valence electrons. The van der Waals surface area contributed by atoms with Crippen LogP contribution in [0.3, 0.4) is 0 Å². The Morgan fingerprint density at radius 1 is 1.40 bits per heavy atom. The first-order chi connectivity index (χ1) is 8.86. The molecule has 0 radical (unpaired) electrons. The number of nitrogens with zero attached hydrogens (tertiary/aromatic N) is 1. The second kappa shape index (κ2) is 8.99. The van der Waals surface area contributed by atoms with E-state index in [1.165, 1.54) is 12.1 Å². The largest absolute Gasteiger partial charge is 1.00 e. The van der Waals surface area contributed by atoms with Gasteiger partial charge >= 0.3 is 35.5 Å². The summed E-state index contributed by atoms with van der Waals surface area (Å²) in [5.41, 5.74) is 0.989. The standard InChI is InChI=1S/C7H7ClNO2S.C4H7NO2.Na/c1-6-2-4-7(5-3-6)12(10,11)9-8;6-4(7)3-1-2-5-3;/h2-5H,1H3;3,5H,1-2H2,(H,6,7);/q-1;;+1. The third-order valence-electron chi connectivity index (χ3n) is 2.53. The van der Waals surface area contributed by atoms with Crippen LogP contribution >= 0.6 is 11.8 Å². The summed E-state index contributed by atoms with van der Waals surface area (Å²) in [6.45, 7) is 2.73. The molecule has 9 heteroatoms. The number of halogens is 1. The number of benzene rings is 1. The number of carboxylic acid groups (broad SMARTS) is 1. The van der Waals surface area contributed by atoms with Gasteiger partial charge in [0.2, 0.25) is 0 Å². The second-order valence-electron chi connectivity index (χ2n) is 3.99. The molecule has 1 aliphatic heterocycles. The molecule has 0 aromatic heterocycles. The van der Waals surface area contributed by atoms with Crippen molar-refractivity contribution in [3.63, 3.8) is 0 Å². The van der Waals surface area contributed by atoms with Crippen molar-refractivity contribution in [3.05, 3.63) is 34.1 Å². The van der Waals surface area contributed by atoms with Gasteiger partial charge in [0.05, 0.1) is 0 Å². The zero-order valence-corrected chi connectivity index (χ0v) is 14.8. The van der Waals surface area contributed by atoms with E-state index in [1.807, 2.05) is 6.92 Å². The molecular weight excluding hydrogens is 315 g/mol. The third-order valence-corrected chi connectivity index (χ3v) is 4.13. The molecule has 2 rings (SSSR count). The molecule has 0 bridgehead atoms. The normalized spacial score (nSPS) is 17.0. The van der Waals surface area contributed by atoms with Crippen molar-refractivity contribution in [2.45, 2.75) is 24.3 Å². The van der Waals surface area contributed by atoms with E-state index in [1.54, 1.807) is 12.1 Å². The SMILES string of the molecule is Cc1ccc(S(=O)(=O)[N-]Cl)cc1.O=C(O)C1CCN1.[Na+]. The quantitative estimate of drug-likeness (QED) is 0.669. The predicted molar refractivity (Wildman–Crippen MR) is 71.6 cm³/mol. The molecule has 1 atom stereocenters. The van der Waals surface area contributed by atoms with Crippen molar-refractivity contribution < 1.29 is 47.9 Å². The number of sulfonamides is 1. The number of carboxylic acids is 1. The zero-order valence-electron chi connectivity index (χ0n) is 11.2. The Bertz CT molecular complexity index is 532. The van der Waals surface area contributed by atoms with Crippen LogP contribution < -0.4 is 34.9 Å². The minimum atomic E-state index is -3.62. The van der Waals surface area contributed by atoms with E-state index >= 15 is 0 Å². The van der Waals surface area contributed by atoms with Gasteiger partial charge in [-0.3, -0.25) is 16.6 Å². The maximum Gasteiger partial charge on any atom is 1.00 e. The molecule has 1 heterocycles. The van der Waals surface area contributed by atoms with Crippen LogP contribution in [0.15, 0.2) is 29.2 Å². The maximum absolute atomic E-state index is 11.0. The summed E-state index contributed by atoms with van der Waals surface area (Å²) in [6, 6.07) is 6.07. The topological polar surface area (TPSA) is 97.6 Å². The van der Waals surface area contributed by atoms with Gasteiger partial charge < -0.3 is 14.7 Å². The Kier molecular flexibility index (Phi) is 8.92. The van der Waals surface area contributed by atoms with E-state index in [0.29, 0.717) is 0 Å². The number of hydrogen-bond acceptors (Lipinski definition) is 4. The summed E-state index contributed by atoms with van der Waals surface area (Å²) < 4.78 is 24.8. The van der Waals surface area contributed by atoms with E-state index in [4.69, 9.17) is 16.9 Å². The molecule has 1 aromatic carbocycles. The molecule has 20 heavy (non-hydrogen) atoms. The average molecular weight is 329 g/mol. The van der Waals surface area contributed by atoms with Crippen LogP contribution in [-0.4, -0.2) is 32.1 Å². The van der Waals surface area contributed by atoms with Gasteiger partial charge in [0.25, 0.3) is 0 Å². The zero-order chi connectivity index (χ0) is 14.5. The molecule has 1 aliphatic rings. The summed E-state index contributed by atoms with van der Waals surface area (Å²) in [5, 5.41) is 10.9. The molecule has 0 spiro atoms. The molecule has 1 fully saturated rings. The maximum atomic E-state index is 11.0. The van der Waals surface area contributed by atoms with Gasteiger partial charge in [0.1, 0.15) is 16.1 Å². The van der Waals surface area contributed by atoms with Crippen molar-refractivity contribution >= 4 is 27.8 Å². The average Bonchev–Trinajstić information content (AvgIpc) is 2.27. The summed E-state index contributed by atoms with van der Waals surface area (Å²) in [4.78, 5) is 10.0. The fourth-order valence-corrected chi connectivity index (χ4v) is 2.05. The first-order valence-electron chi connectivity index (χ1n) is 5.48. The predicted octanol–water partition coefficient (Wildman–Crippen LogP) is -1.35. The molecule has 0 aliphatic carbocycles. The van der Waals surface area contributed by atoms with Crippen molar-refractivity contribution in [3.8, 4) is 0 Å². The third kappa shape index (κ3) is 6.09. The van der Waals surface area contributed by atoms with Crippen molar-refractivity contribution in [2.24, 2.45) is 0 Å². The van der Waals surface area contributed by atoms with Gasteiger partial charge in [0, 0.05) is 4.90 Å². The van der Waals surface area contributed by atoms with Crippen LogP contribution in [0.5, 0.6) is 0 Å². The van der Waals surface area contributed by atoms with Crippen molar-refractivity contribution in [2.75, 3.05) is 6.54 Å². The van der Waals surface area contributed by atoms with Crippen LogP contribution in [-0.2, 0) is 14.8 Å². The molecule has 0 amide bonds. The van der Waals surface area contributed by atoms with Crippen LogP contribution in [0, 0.1) is 6.92 Å². The minimum Gasteiger partial charge on any atom is -0.480 e. The van der Waals surface area contributed by atoms with Crippen LogP contribution in [0.2, 0.25) is 0 Å². The van der Waals surface area contributed by atoms with Gasteiger partial charge in [-0.25, -0.2) is 8.42 Å². The number of aryl methyl sites for hydroxylation is 1. The molecule has 1 saturated heterocycles. The van der Waals surface area contributed by atoms with Crippen molar-refractivity contribution in [1.82, 2.24) is 5.32 Å². The minimum absolute atomic E-state index is 0. The van der Waals surface area contributed by atoms with E-state index in [9.17, 15) is 13.2 Å². The Labute approximate surface area is 145 Å². The van der Waals surface area contributed by atoms with Crippen LogP contribution in [0.1, 0.15) is 12.0 Å². The molecular formula is C11H14ClN2NaO4S. The molecule has 1 unspecified atom stereocenters. The van der Waals surface area contributed by atoms with Crippen LogP contribution in [0.4, 0.5) is 0 Å². The molecule has 0 saturated carbocycles. The molecule has 2 N–H and O–H groups in total. The first-order valence-corrected chi connectivity index (χ1v) is 7.26. The number of nitrogens with one attached hydrogen (secondary N) is 1. The van der Waals surface area contributed by atoms with Gasteiger partial charge in [0.15, 0.2) is 0 Å². The summed E-state index contributed by atoms with van der Waals surface area (Å²) in [7, 11) is -3.62. The van der Waals surface area contributed by atoms with E-state index < -0.39 is 16.0 Å². The van der Waals surface area contributed by atoms with E-state index in [2.05, 4.69) is 9.56 Å². The van der Waals surface area contributed by atoms with E-state index in [-0.39, 0.29) is 40.5 Å². The number of carbonyl (C=O) groups is 1. The summed E-state index contributed by atoms with van der Waals surface area (Å²) >= 11 is 4.90. The summed E-state index contributed by atoms with van der Waals surface area (Å²) in [6.07, 6.45) is 0.787. The Morgan fingerprint density at radius 3 is 2.15 bits per heavy atom. The number of aliphatic carboxylic acids is 1. The monoisotopic (exact) mass is 328 g/mol. The Hall–Kier alpha value is -0.150. The Morgan fingerprint density at radius 2 is 1.90 bits per heavy atom. The summed E-state index contributed by atoms with van der Waals surface area (Å²) in [5.74, 6) is -0.730. The van der Waals surface area contributed by atoms with Gasteiger partial charge in [-0.05, 0) is 32.0 Å². The van der Waals surface area contributed by atoms with Crippen molar-refractivity contribution in [1.29, 1.82) is 0 Å². The van der Waals surface area contributed by atoms with Crippen LogP contribution in [0.25, 0.3) is 4.24 Å². The van der Waals surface area contributed by atoms with Gasteiger partial charge in [-0.15, -0.1) is 0 Å². The fraction of sp³-hybridized carbons (Fsp3) is 0.364. The second-order valence-corrected chi connectivity index (χ2v) is 5.96. The Balaban J connectivity index is 0.000000387. The van der Waals surface area contributed by atoms with E-state index in [0.717, 1.165) is 18.5 Å². The fourth-order valence-electron chi connectivity index (χ4n) is 1.25. The number of hydrogen-bond donors (Lipinski definition) is 2. The van der Waals surface area contributed by atoms with Gasteiger partial charge in [-0.1, -0.05) is 17.7 Å². The molecule has 6 nitrogen and oxygen atoms in total. The molecule has 1 aromatic rings. The smallest absolute Gasteiger partial charge is 0.480 e. The first kappa shape index (κ1) is 19.9.